The fourth-order valence-corrected chi connectivity index (χ4v) is 0.735. The van der Waals surface area contributed by atoms with Crippen LogP contribution in [0.4, 0.5) is 0 Å². The van der Waals surface area contributed by atoms with E-state index < -0.39 is 40.7 Å². The van der Waals surface area contributed by atoms with Crippen molar-refractivity contribution in [2.24, 2.45) is 0 Å². The van der Waals surface area contributed by atoms with Crippen LogP contribution in [0.2, 0.25) is 0 Å². The zero-order chi connectivity index (χ0) is 11.8. The molecule has 0 heterocycles. The van der Waals surface area contributed by atoms with Crippen molar-refractivity contribution in [3.05, 3.63) is 0 Å². The molecule has 15 heavy (non-hydrogen) atoms. The van der Waals surface area contributed by atoms with Gasteiger partial charge in [-0.2, -0.15) is 0 Å². The second-order valence-electron chi connectivity index (χ2n) is 2.12. The molecule has 1 radical (unpaired) electrons. The van der Waals surface area contributed by atoms with Crippen molar-refractivity contribution in [2.75, 3.05) is 25.5 Å². The number of aliphatic hydroxyl groups excluding tert-OH is 2. The van der Waals surface area contributed by atoms with Crippen LogP contribution in [0.25, 0.3) is 0 Å². The molecule has 0 atom stereocenters. The van der Waals surface area contributed by atoms with Gasteiger partial charge in [0.05, 0.1) is 0 Å². The van der Waals surface area contributed by atoms with Crippen LogP contribution >= 0.6 is 15.2 Å². The van der Waals surface area contributed by atoms with Crippen molar-refractivity contribution in [1.82, 2.24) is 0 Å². The smallest absolute Gasteiger partial charge is 0.0476 e. The first-order valence-electron chi connectivity index (χ1n) is 3.36. The van der Waals surface area contributed by atoms with Gasteiger partial charge in [-0.05, 0) is 12.3 Å². The average molecular weight is 434 g/mol. The summed E-state index contributed by atoms with van der Waals surface area (Å²) < 4.78 is 19.1. The van der Waals surface area contributed by atoms with Gasteiger partial charge in [0.2, 0.25) is 0 Å². The van der Waals surface area contributed by atoms with Gasteiger partial charge in [0.15, 0.2) is 0 Å². The van der Waals surface area contributed by atoms with Crippen LogP contribution in [-0.4, -0.2) is 35.8 Å². The quantitative estimate of drug-likeness (QED) is 0.420. The van der Waals surface area contributed by atoms with Crippen molar-refractivity contribution >= 4 is 15.2 Å². The van der Waals surface area contributed by atoms with E-state index in [0.717, 1.165) is 0 Å². The number of hydrogen-bond donors (Lipinski definition) is 2. The van der Waals surface area contributed by atoms with E-state index in [-0.39, 0.29) is 20.4 Å². The molecule has 0 aliphatic carbocycles. The fourth-order valence-electron chi connectivity index (χ4n) is 0.245. The molecule has 0 aliphatic heterocycles. The molecule has 0 bridgehead atoms. The van der Waals surface area contributed by atoms with Gasteiger partial charge in [0, 0.05) is 33.6 Å². The van der Waals surface area contributed by atoms with Crippen molar-refractivity contribution in [3.8, 4) is 0 Å². The number of aliphatic hydroxyl groups is 2. The Bertz CT molecular complexity index is 197. The van der Waals surface area contributed by atoms with Crippen LogP contribution in [0.3, 0.4) is 0 Å². The molecule has 0 unspecified atom stereocenters. The van der Waals surface area contributed by atoms with Crippen LogP contribution in [-0.2, 0) is 29.6 Å². The van der Waals surface area contributed by atoms with E-state index in [2.05, 4.69) is 0 Å². The summed E-state index contributed by atoms with van der Waals surface area (Å²) in [6.45, 7) is -1.16. The zero-order valence-corrected chi connectivity index (χ0v) is 11.9. The van der Waals surface area contributed by atoms with Crippen LogP contribution in [0, 0.1) is 0 Å². The van der Waals surface area contributed by atoms with Crippen LogP contribution in [0.5, 0.6) is 0 Å². The molecule has 0 rings (SSSR count). The molecule has 0 amide bonds. The maximum atomic E-state index is 9.54. The summed E-state index contributed by atoms with van der Waals surface area (Å²) in [6.07, 6.45) is -1.32. The van der Waals surface area contributed by atoms with Crippen LogP contribution in [0.1, 0.15) is 0 Å². The van der Waals surface area contributed by atoms with Crippen LogP contribution in [0.15, 0.2) is 0 Å². The first kappa shape index (κ1) is 21.2. The standard InChI is InChI=1S/2C2H7O4P.Re/c2*3-1-2-7(4,5)6;/h2*3H,1-2H2,(H2,4,5,6);/p-4. The minimum atomic E-state index is -4.42. The van der Waals surface area contributed by atoms with Gasteiger partial charge in [0.1, 0.15) is 0 Å². The third kappa shape index (κ3) is 31.3. The second kappa shape index (κ2) is 10.1. The molecule has 0 saturated carbocycles. The topological polar surface area (TPSA) is 167 Å². The molecule has 0 aromatic heterocycles. The van der Waals surface area contributed by atoms with Gasteiger partial charge in [-0.3, -0.25) is 0 Å². The van der Waals surface area contributed by atoms with Gasteiger partial charge >= 0.3 is 0 Å². The molecule has 0 spiro atoms. The first-order chi connectivity index (χ1) is 6.12. The van der Waals surface area contributed by atoms with E-state index in [1.165, 1.54) is 0 Å². The van der Waals surface area contributed by atoms with E-state index in [1.807, 2.05) is 0 Å². The second-order valence-corrected chi connectivity index (χ2v) is 5.45. The summed E-state index contributed by atoms with van der Waals surface area (Å²) in [6, 6.07) is 0. The molecular weight excluding hydrogens is 424 g/mol. The summed E-state index contributed by atoms with van der Waals surface area (Å²) in [5, 5.41) is 15.7. The average Bonchev–Trinajstić information content (AvgIpc) is 1.81. The van der Waals surface area contributed by atoms with E-state index in [1.54, 1.807) is 0 Å². The molecule has 8 nitrogen and oxygen atoms in total. The van der Waals surface area contributed by atoms with Crippen molar-refractivity contribution in [3.63, 3.8) is 0 Å². The normalized spacial score (nSPS) is 11.1. The summed E-state index contributed by atoms with van der Waals surface area (Å²) in [7, 11) is -8.83. The Morgan fingerprint density at radius 3 is 1.00 bits per heavy atom. The van der Waals surface area contributed by atoms with Crippen molar-refractivity contribution < 1.29 is 59.3 Å². The van der Waals surface area contributed by atoms with Gasteiger partial charge < -0.3 is 38.9 Å². The molecule has 0 aromatic carbocycles. The molecule has 11 heteroatoms. The van der Waals surface area contributed by atoms with Gasteiger partial charge in [-0.1, -0.05) is 15.2 Å². The Hall–Kier alpha value is 0.882. The van der Waals surface area contributed by atoms with Gasteiger partial charge in [-0.15, -0.1) is 0 Å². The monoisotopic (exact) mass is 435 g/mol. The third-order valence-corrected chi connectivity index (χ3v) is 2.24. The molecule has 0 aromatic rings. The minimum absolute atomic E-state index is 0. The largest absolute Gasteiger partial charge is 0.811 e. The summed E-state index contributed by atoms with van der Waals surface area (Å²) in [5.41, 5.74) is 0. The number of rotatable bonds is 4. The molecule has 0 aliphatic rings. The molecule has 2 N–H and O–H groups in total. The summed E-state index contributed by atoms with van der Waals surface area (Å²) in [4.78, 5) is 38.2. The Labute approximate surface area is 100 Å². The van der Waals surface area contributed by atoms with E-state index in [9.17, 15) is 28.7 Å². The number of hydrogen-bond acceptors (Lipinski definition) is 8. The third-order valence-electron chi connectivity index (χ3n) is 0.748. The summed E-state index contributed by atoms with van der Waals surface area (Å²) >= 11 is 0. The predicted octanol–water partition coefficient (Wildman–Crippen LogP) is -4.22. The fraction of sp³-hybridized carbons (Fsp3) is 1.00. The maximum Gasteiger partial charge on any atom is 0.0476 e. The van der Waals surface area contributed by atoms with E-state index in [0.29, 0.717) is 0 Å². The minimum Gasteiger partial charge on any atom is -0.811 e. The molecule has 0 saturated heterocycles. The van der Waals surface area contributed by atoms with E-state index >= 15 is 0 Å². The summed E-state index contributed by atoms with van der Waals surface area (Å²) in [5.74, 6) is 0. The molecule has 0 fully saturated rings. The van der Waals surface area contributed by atoms with Crippen LogP contribution < -0.4 is 19.6 Å². The zero-order valence-electron chi connectivity index (χ0n) is 7.44. The van der Waals surface area contributed by atoms with Crippen molar-refractivity contribution in [1.29, 1.82) is 0 Å². The Kier molecular flexibility index (Phi) is 14.2. The SMILES string of the molecule is O=P([O-])([O-])CCO.O=P([O-])([O-])CCO.[Re]. The Morgan fingerprint density at radius 1 is 0.800 bits per heavy atom. The van der Waals surface area contributed by atoms with Gasteiger partial charge in [0.25, 0.3) is 0 Å². The first-order valence-corrected chi connectivity index (χ1v) is 6.82. The van der Waals surface area contributed by atoms with Gasteiger partial charge in [-0.25, -0.2) is 0 Å². The predicted molar refractivity (Wildman–Crippen MR) is 39.1 cm³/mol. The molecular formula is C4H10O8P2Re-4. The Morgan fingerprint density at radius 2 is 1.00 bits per heavy atom. The maximum absolute atomic E-state index is 9.54. The van der Waals surface area contributed by atoms with Crippen molar-refractivity contribution in [2.45, 2.75) is 0 Å². The Balaban J connectivity index is -0.000000180. The van der Waals surface area contributed by atoms with E-state index in [4.69, 9.17) is 10.2 Å². The molecule has 95 valence electrons.